The molecule has 1 aliphatic heterocycles. The molecular formula is C23H22ClN3O2S. The minimum atomic E-state index is -3.81. The molecule has 0 aromatic heterocycles. The van der Waals surface area contributed by atoms with E-state index >= 15 is 0 Å². The number of hydrogen-bond acceptors (Lipinski definition) is 4. The molecule has 5 nitrogen and oxygen atoms in total. The van der Waals surface area contributed by atoms with Gasteiger partial charge in [-0.3, -0.25) is 0 Å². The van der Waals surface area contributed by atoms with Crippen molar-refractivity contribution in [2.24, 2.45) is 5.10 Å². The molecule has 0 aliphatic carbocycles. The highest BCUT2D eigenvalue weighted by Gasteiger charge is 2.37. The molecule has 3 aromatic carbocycles. The largest absolute Gasteiger partial charge is 0.378 e. The van der Waals surface area contributed by atoms with E-state index in [9.17, 15) is 8.42 Å². The van der Waals surface area contributed by atoms with Crippen LogP contribution in [0.25, 0.3) is 0 Å². The first-order valence-electron chi connectivity index (χ1n) is 9.56. The van der Waals surface area contributed by atoms with Crippen molar-refractivity contribution in [1.29, 1.82) is 0 Å². The van der Waals surface area contributed by atoms with Crippen LogP contribution in [0.5, 0.6) is 0 Å². The van der Waals surface area contributed by atoms with Crippen LogP contribution in [0.15, 0.2) is 88.9 Å². The third-order valence-corrected chi connectivity index (χ3v) is 7.06. The summed E-state index contributed by atoms with van der Waals surface area (Å²) in [4.78, 5) is 2.23. The Morgan fingerprint density at radius 2 is 1.67 bits per heavy atom. The molecule has 0 fully saturated rings. The second-order valence-electron chi connectivity index (χ2n) is 7.35. The van der Waals surface area contributed by atoms with Gasteiger partial charge in [-0.05, 0) is 47.5 Å². The Kier molecular flexibility index (Phi) is 5.54. The second-order valence-corrected chi connectivity index (χ2v) is 9.59. The summed E-state index contributed by atoms with van der Waals surface area (Å²) in [5, 5.41) is 5.20. The first kappa shape index (κ1) is 20.4. The van der Waals surface area contributed by atoms with Crippen LogP contribution in [-0.4, -0.2) is 32.6 Å². The van der Waals surface area contributed by atoms with E-state index in [2.05, 4.69) is 5.10 Å². The van der Waals surface area contributed by atoms with Gasteiger partial charge in [0, 0.05) is 31.2 Å². The van der Waals surface area contributed by atoms with Crippen molar-refractivity contribution in [3.63, 3.8) is 0 Å². The van der Waals surface area contributed by atoms with Crippen LogP contribution in [0.1, 0.15) is 23.6 Å². The molecule has 0 amide bonds. The Bertz CT molecular complexity index is 1180. The highest BCUT2D eigenvalue weighted by atomic mass is 35.5. The molecule has 7 heteroatoms. The summed E-state index contributed by atoms with van der Waals surface area (Å²) < 4.78 is 28.1. The topological polar surface area (TPSA) is 53.0 Å². The maximum atomic E-state index is 13.4. The normalized spacial score (nSPS) is 16.4. The van der Waals surface area contributed by atoms with E-state index in [4.69, 9.17) is 11.6 Å². The van der Waals surface area contributed by atoms with Crippen LogP contribution >= 0.6 is 11.6 Å². The lowest BCUT2D eigenvalue weighted by molar-refractivity contribution is 0.371. The molecule has 0 radical (unpaired) electrons. The molecule has 0 saturated heterocycles. The van der Waals surface area contributed by atoms with Crippen LogP contribution in [-0.2, 0) is 10.0 Å². The van der Waals surface area contributed by atoms with Gasteiger partial charge in [-0.1, -0.05) is 54.1 Å². The predicted octanol–water partition coefficient (Wildman–Crippen LogP) is 4.95. The fourth-order valence-electron chi connectivity index (χ4n) is 3.48. The molecule has 4 rings (SSSR count). The Hall–Kier alpha value is -2.83. The van der Waals surface area contributed by atoms with E-state index in [-0.39, 0.29) is 4.90 Å². The van der Waals surface area contributed by atoms with Gasteiger partial charge >= 0.3 is 0 Å². The molecule has 0 bridgehead atoms. The van der Waals surface area contributed by atoms with Gasteiger partial charge in [-0.25, -0.2) is 0 Å². The van der Waals surface area contributed by atoms with Gasteiger partial charge in [-0.2, -0.15) is 17.9 Å². The predicted molar refractivity (Wildman–Crippen MR) is 122 cm³/mol. The minimum Gasteiger partial charge on any atom is -0.378 e. The molecule has 154 valence electrons. The zero-order valence-corrected chi connectivity index (χ0v) is 18.3. The van der Waals surface area contributed by atoms with E-state index < -0.39 is 16.1 Å². The average Bonchev–Trinajstić information content (AvgIpc) is 3.21. The van der Waals surface area contributed by atoms with Crippen LogP contribution in [0.3, 0.4) is 0 Å². The zero-order valence-electron chi connectivity index (χ0n) is 16.7. The van der Waals surface area contributed by atoms with Crippen LogP contribution in [0.4, 0.5) is 5.69 Å². The minimum absolute atomic E-state index is 0.219. The summed E-state index contributed by atoms with van der Waals surface area (Å²) in [5.41, 5.74) is 3.52. The standard InChI is InChI=1S/C23H22ClN3O2S/c1-26(2)20-8-6-7-18(15-20)22-16-23(17-11-13-19(24)14-12-17)27(25-22)30(28,29)21-9-4-3-5-10-21/h3-15,23H,16H2,1-2H3. The van der Waals surface area contributed by atoms with Crippen molar-refractivity contribution in [1.82, 2.24) is 4.41 Å². The lowest BCUT2D eigenvalue weighted by Crippen LogP contribution is -2.27. The highest BCUT2D eigenvalue weighted by molar-refractivity contribution is 7.89. The number of anilines is 1. The van der Waals surface area contributed by atoms with Crippen LogP contribution in [0, 0.1) is 0 Å². The third-order valence-electron chi connectivity index (χ3n) is 5.11. The van der Waals surface area contributed by atoms with Crippen molar-refractivity contribution < 1.29 is 8.42 Å². The zero-order chi connectivity index (χ0) is 21.3. The summed E-state index contributed by atoms with van der Waals surface area (Å²) in [7, 11) is 0.130. The van der Waals surface area contributed by atoms with Gasteiger partial charge < -0.3 is 4.90 Å². The molecule has 30 heavy (non-hydrogen) atoms. The van der Waals surface area contributed by atoms with Crippen molar-refractivity contribution in [2.45, 2.75) is 17.4 Å². The number of halogens is 1. The molecule has 1 heterocycles. The summed E-state index contributed by atoms with van der Waals surface area (Å²) in [6, 6.07) is 23.2. The summed E-state index contributed by atoms with van der Waals surface area (Å²) in [5.74, 6) is 0. The smallest absolute Gasteiger partial charge is 0.279 e. The number of hydrogen-bond donors (Lipinski definition) is 0. The number of sulfonamides is 1. The summed E-state index contributed by atoms with van der Waals surface area (Å²) >= 11 is 6.05. The molecule has 1 unspecified atom stereocenters. The van der Waals surface area contributed by atoms with E-state index in [1.54, 1.807) is 42.5 Å². The SMILES string of the molecule is CN(C)c1cccc(C2=NN(S(=O)(=O)c3ccccc3)C(c3ccc(Cl)cc3)C2)c1. The first-order chi connectivity index (χ1) is 14.4. The van der Waals surface area contributed by atoms with Gasteiger partial charge in [0.2, 0.25) is 0 Å². The van der Waals surface area contributed by atoms with Gasteiger partial charge in [0.25, 0.3) is 10.0 Å². The maximum absolute atomic E-state index is 13.4. The Balaban J connectivity index is 1.80. The van der Waals surface area contributed by atoms with Crippen LogP contribution < -0.4 is 4.90 Å². The quantitative estimate of drug-likeness (QED) is 0.565. The average molecular weight is 440 g/mol. The molecule has 1 aliphatic rings. The lowest BCUT2D eigenvalue weighted by Gasteiger charge is -2.23. The monoisotopic (exact) mass is 439 g/mol. The van der Waals surface area contributed by atoms with Crippen molar-refractivity contribution >= 4 is 33.0 Å². The summed E-state index contributed by atoms with van der Waals surface area (Å²) in [6.45, 7) is 0. The highest BCUT2D eigenvalue weighted by Crippen LogP contribution is 2.37. The Labute approximate surface area is 182 Å². The van der Waals surface area contributed by atoms with Crippen molar-refractivity contribution in [3.05, 3.63) is 95.0 Å². The van der Waals surface area contributed by atoms with Gasteiger partial charge in [-0.15, -0.1) is 0 Å². The molecule has 0 N–H and O–H groups in total. The molecular weight excluding hydrogens is 418 g/mol. The molecule has 1 atom stereocenters. The van der Waals surface area contributed by atoms with E-state index in [0.717, 1.165) is 22.5 Å². The number of hydrazone groups is 1. The van der Waals surface area contributed by atoms with E-state index in [1.807, 2.05) is 55.4 Å². The third kappa shape index (κ3) is 3.93. The molecule has 3 aromatic rings. The fraction of sp³-hybridized carbons (Fsp3) is 0.174. The molecule has 0 saturated carbocycles. The van der Waals surface area contributed by atoms with E-state index in [1.165, 1.54) is 4.41 Å². The molecule has 0 spiro atoms. The fourth-order valence-corrected chi connectivity index (χ4v) is 5.06. The maximum Gasteiger partial charge on any atom is 0.279 e. The van der Waals surface area contributed by atoms with E-state index in [0.29, 0.717) is 11.4 Å². The lowest BCUT2D eigenvalue weighted by atomic mass is 9.99. The van der Waals surface area contributed by atoms with Crippen molar-refractivity contribution in [3.8, 4) is 0 Å². The number of benzene rings is 3. The number of nitrogens with zero attached hydrogens (tertiary/aromatic N) is 3. The Morgan fingerprint density at radius 1 is 0.967 bits per heavy atom. The summed E-state index contributed by atoms with van der Waals surface area (Å²) in [6.07, 6.45) is 0.477. The number of rotatable bonds is 5. The van der Waals surface area contributed by atoms with Crippen molar-refractivity contribution in [2.75, 3.05) is 19.0 Å². The van der Waals surface area contributed by atoms with Gasteiger partial charge in [0.1, 0.15) is 0 Å². The van der Waals surface area contributed by atoms with Crippen LogP contribution in [0.2, 0.25) is 5.02 Å². The van der Waals surface area contributed by atoms with Gasteiger partial charge in [0.15, 0.2) is 0 Å². The van der Waals surface area contributed by atoms with Gasteiger partial charge in [0.05, 0.1) is 16.6 Å². The Morgan fingerprint density at radius 3 is 2.33 bits per heavy atom. The first-order valence-corrected chi connectivity index (χ1v) is 11.4. The second kappa shape index (κ2) is 8.13.